The van der Waals surface area contributed by atoms with E-state index < -0.39 is 0 Å². The molecule has 0 amide bonds. The first-order chi connectivity index (χ1) is 13.0. The Morgan fingerprint density at radius 2 is 1.93 bits per heavy atom. The topological polar surface area (TPSA) is 73.6 Å². The van der Waals surface area contributed by atoms with E-state index in [0.717, 1.165) is 39.2 Å². The number of pyridine rings is 2. The summed E-state index contributed by atoms with van der Waals surface area (Å²) in [6.45, 7) is 6.17. The standard InChI is InChI=1S/C22H22N4O/c1-13(2)20-19(25-18-8-10-24-21-16(18)7-9-23-21)12-17(22(27)26-20)15-6-4-5-14(3)11-15/h4-13H,1-3H3,(H,26,27)(H2,23,24,25). The lowest BCUT2D eigenvalue weighted by atomic mass is 10.0. The van der Waals surface area contributed by atoms with Gasteiger partial charge in [0.05, 0.1) is 11.4 Å². The number of fused-ring (bicyclic) bond motifs is 1. The number of rotatable bonds is 4. The fourth-order valence-electron chi connectivity index (χ4n) is 3.35. The van der Waals surface area contributed by atoms with E-state index in [1.807, 2.05) is 55.6 Å². The summed E-state index contributed by atoms with van der Waals surface area (Å²) in [5.41, 5.74) is 6.18. The molecule has 0 radical (unpaired) electrons. The zero-order chi connectivity index (χ0) is 19.0. The molecule has 0 aliphatic rings. The van der Waals surface area contributed by atoms with Crippen LogP contribution in [-0.2, 0) is 0 Å². The highest BCUT2D eigenvalue weighted by atomic mass is 16.1. The van der Waals surface area contributed by atoms with Crippen LogP contribution in [0.25, 0.3) is 22.2 Å². The Labute approximate surface area is 157 Å². The molecular weight excluding hydrogens is 336 g/mol. The Morgan fingerprint density at radius 3 is 2.70 bits per heavy atom. The number of hydrogen-bond donors (Lipinski definition) is 3. The predicted octanol–water partition coefficient (Wildman–Crippen LogP) is 5.09. The highest BCUT2D eigenvalue weighted by Gasteiger charge is 2.14. The molecule has 0 saturated heterocycles. The lowest BCUT2D eigenvalue weighted by Crippen LogP contribution is -2.15. The number of benzene rings is 1. The van der Waals surface area contributed by atoms with Gasteiger partial charge in [0.25, 0.3) is 5.56 Å². The van der Waals surface area contributed by atoms with Gasteiger partial charge < -0.3 is 15.3 Å². The van der Waals surface area contributed by atoms with Crippen LogP contribution in [0.5, 0.6) is 0 Å². The maximum absolute atomic E-state index is 12.7. The second kappa shape index (κ2) is 6.76. The van der Waals surface area contributed by atoms with Crippen molar-refractivity contribution in [1.29, 1.82) is 0 Å². The molecule has 0 aliphatic heterocycles. The van der Waals surface area contributed by atoms with E-state index in [1.54, 1.807) is 6.20 Å². The predicted molar refractivity (Wildman–Crippen MR) is 111 cm³/mol. The van der Waals surface area contributed by atoms with Gasteiger partial charge in [-0.25, -0.2) is 4.98 Å². The van der Waals surface area contributed by atoms with Crippen LogP contribution in [0.1, 0.15) is 31.0 Å². The third-order valence-corrected chi connectivity index (χ3v) is 4.71. The van der Waals surface area contributed by atoms with E-state index in [-0.39, 0.29) is 11.5 Å². The van der Waals surface area contributed by atoms with Gasteiger partial charge in [0.15, 0.2) is 0 Å². The maximum atomic E-state index is 12.7. The molecular formula is C22H22N4O. The van der Waals surface area contributed by atoms with Gasteiger partial charge in [-0.05, 0) is 36.6 Å². The van der Waals surface area contributed by atoms with Crippen molar-refractivity contribution in [3.8, 4) is 11.1 Å². The van der Waals surface area contributed by atoms with Crippen molar-refractivity contribution >= 4 is 22.4 Å². The van der Waals surface area contributed by atoms with Gasteiger partial charge in [-0.15, -0.1) is 0 Å². The molecule has 136 valence electrons. The first kappa shape index (κ1) is 17.1. The molecule has 0 atom stereocenters. The normalized spacial score (nSPS) is 11.3. The molecule has 5 heteroatoms. The highest BCUT2D eigenvalue weighted by Crippen LogP contribution is 2.31. The quantitative estimate of drug-likeness (QED) is 0.475. The third-order valence-electron chi connectivity index (χ3n) is 4.71. The summed E-state index contributed by atoms with van der Waals surface area (Å²) < 4.78 is 0. The third kappa shape index (κ3) is 3.24. The minimum absolute atomic E-state index is 0.0728. The number of aromatic nitrogens is 3. The summed E-state index contributed by atoms with van der Waals surface area (Å²) in [6.07, 6.45) is 3.64. The second-order valence-electron chi connectivity index (χ2n) is 7.09. The molecule has 3 N–H and O–H groups in total. The average Bonchev–Trinajstić information content (AvgIpc) is 3.12. The number of nitrogens with zero attached hydrogens (tertiary/aromatic N) is 1. The van der Waals surface area contributed by atoms with Crippen LogP contribution in [0, 0.1) is 6.92 Å². The van der Waals surface area contributed by atoms with Crippen LogP contribution in [0.4, 0.5) is 11.4 Å². The lowest BCUT2D eigenvalue weighted by Gasteiger charge is -2.17. The fraction of sp³-hybridized carbons (Fsp3) is 0.182. The summed E-state index contributed by atoms with van der Waals surface area (Å²) in [5.74, 6) is 0.176. The number of hydrogen-bond acceptors (Lipinski definition) is 3. The molecule has 0 spiro atoms. The van der Waals surface area contributed by atoms with Crippen molar-refractivity contribution in [3.63, 3.8) is 0 Å². The van der Waals surface area contributed by atoms with Crippen LogP contribution >= 0.6 is 0 Å². The Kier molecular flexibility index (Phi) is 4.28. The van der Waals surface area contributed by atoms with Crippen LogP contribution in [-0.4, -0.2) is 15.0 Å². The largest absolute Gasteiger partial charge is 0.353 e. The van der Waals surface area contributed by atoms with Gasteiger partial charge >= 0.3 is 0 Å². The van der Waals surface area contributed by atoms with Crippen LogP contribution in [0.15, 0.2) is 59.7 Å². The number of aryl methyl sites for hydroxylation is 1. The molecule has 0 bridgehead atoms. The zero-order valence-corrected chi connectivity index (χ0v) is 15.6. The van der Waals surface area contributed by atoms with Crippen molar-refractivity contribution in [1.82, 2.24) is 15.0 Å². The summed E-state index contributed by atoms with van der Waals surface area (Å²) >= 11 is 0. The van der Waals surface area contributed by atoms with Gasteiger partial charge in [0.1, 0.15) is 5.65 Å². The van der Waals surface area contributed by atoms with Gasteiger partial charge in [0, 0.05) is 29.0 Å². The monoisotopic (exact) mass is 358 g/mol. The number of anilines is 2. The van der Waals surface area contributed by atoms with E-state index in [2.05, 4.69) is 34.1 Å². The molecule has 3 aromatic heterocycles. The molecule has 3 heterocycles. The first-order valence-electron chi connectivity index (χ1n) is 9.06. The number of nitrogens with one attached hydrogen (secondary N) is 3. The van der Waals surface area contributed by atoms with E-state index >= 15 is 0 Å². The molecule has 5 nitrogen and oxygen atoms in total. The summed E-state index contributed by atoms with van der Waals surface area (Å²) in [7, 11) is 0. The minimum atomic E-state index is -0.0728. The highest BCUT2D eigenvalue weighted by molar-refractivity contribution is 5.91. The van der Waals surface area contributed by atoms with E-state index in [1.165, 1.54) is 0 Å². The van der Waals surface area contributed by atoms with Crippen LogP contribution in [0.2, 0.25) is 0 Å². The first-order valence-corrected chi connectivity index (χ1v) is 9.06. The van der Waals surface area contributed by atoms with Gasteiger partial charge in [0.2, 0.25) is 0 Å². The average molecular weight is 358 g/mol. The Balaban J connectivity index is 1.86. The molecule has 4 aromatic rings. The molecule has 0 aliphatic carbocycles. The van der Waals surface area contributed by atoms with Gasteiger partial charge in [-0.1, -0.05) is 43.7 Å². The lowest BCUT2D eigenvalue weighted by molar-refractivity contribution is 0.820. The van der Waals surface area contributed by atoms with Gasteiger partial charge in [-0.3, -0.25) is 4.79 Å². The number of aromatic amines is 2. The Hall–Kier alpha value is -3.34. The fourth-order valence-corrected chi connectivity index (χ4v) is 3.35. The van der Waals surface area contributed by atoms with Crippen molar-refractivity contribution in [2.24, 2.45) is 0 Å². The maximum Gasteiger partial charge on any atom is 0.256 e. The number of H-pyrrole nitrogens is 2. The van der Waals surface area contributed by atoms with Crippen LogP contribution in [0.3, 0.4) is 0 Å². The van der Waals surface area contributed by atoms with Crippen molar-refractivity contribution < 1.29 is 0 Å². The zero-order valence-electron chi connectivity index (χ0n) is 15.6. The summed E-state index contributed by atoms with van der Waals surface area (Å²) in [5, 5.41) is 4.51. The molecule has 27 heavy (non-hydrogen) atoms. The summed E-state index contributed by atoms with van der Waals surface area (Å²) in [6, 6.07) is 13.9. The summed E-state index contributed by atoms with van der Waals surface area (Å²) in [4.78, 5) is 23.3. The van der Waals surface area contributed by atoms with E-state index in [0.29, 0.717) is 5.56 Å². The molecule has 0 unspecified atom stereocenters. The SMILES string of the molecule is Cc1cccc(-c2cc(Nc3ccnc4[nH]ccc34)c(C(C)C)[nH]c2=O)c1. The molecule has 1 aromatic carbocycles. The Bertz CT molecular complexity index is 1170. The molecule has 4 rings (SSSR count). The minimum Gasteiger partial charge on any atom is -0.353 e. The smallest absolute Gasteiger partial charge is 0.256 e. The second-order valence-corrected chi connectivity index (χ2v) is 7.09. The molecule has 0 fully saturated rings. The van der Waals surface area contributed by atoms with Crippen molar-refractivity contribution in [2.45, 2.75) is 26.7 Å². The van der Waals surface area contributed by atoms with Crippen molar-refractivity contribution in [3.05, 3.63) is 76.5 Å². The van der Waals surface area contributed by atoms with E-state index in [4.69, 9.17) is 0 Å². The van der Waals surface area contributed by atoms with Gasteiger partial charge in [-0.2, -0.15) is 0 Å². The van der Waals surface area contributed by atoms with Crippen LogP contribution < -0.4 is 10.9 Å². The van der Waals surface area contributed by atoms with E-state index in [9.17, 15) is 4.79 Å². The molecule has 0 saturated carbocycles. The Morgan fingerprint density at radius 1 is 1.07 bits per heavy atom. The van der Waals surface area contributed by atoms with Crippen molar-refractivity contribution in [2.75, 3.05) is 5.32 Å².